The second-order valence-corrected chi connectivity index (χ2v) is 10.0. The lowest BCUT2D eigenvalue weighted by Gasteiger charge is -2.15. The molecule has 0 aliphatic carbocycles. The van der Waals surface area contributed by atoms with Crippen molar-refractivity contribution in [2.45, 2.75) is 0 Å². The molecule has 0 aromatic carbocycles. The van der Waals surface area contributed by atoms with Crippen LogP contribution in [0, 0.1) is 0 Å². The Hall–Kier alpha value is -1.29. The van der Waals surface area contributed by atoms with Gasteiger partial charge in [-0.2, -0.15) is 17.9 Å². The molecule has 19 nitrogen and oxygen atoms in total. The molecule has 2 atom stereocenters. The highest BCUT2D eigenvalue weighted by molar-refractivity contribution is 7.69. The molecule has 2 rings (SSSR count). The first kappa shape index (κ1) is 24.7. The molecule has 10 N–H and O–H groups in total. The summed E-state index contributed by atoms with van der Waals surface area (Å²) in [7, 11) is -22.6. The lowest BCUT2D eigenvalue weighted by molar-refractivity contribution is 0.194. The largest absolute Gasteiger partial charge is 0.490 e. The maximum Gasteiger partial charge on any atom is 0.490 e. The average Bonchev–Trinajstić information content (AvgIpc) is 2.79. The Balaban J connectivity index is 0.000000302. The van der Waals surface area contributed by atoms with Gasteiger partial charge in [-0.1, -0.05) is 0 Å². The number of nitrogens with one attached hydrogen (secondary N) is 2. The Morgan fingerprint density at radius 3 is 1.79 bits per heavy atom. The van der Waals surface area contributed by atoms with E-state index in [2.05, 4.69) is 32.9 Å². The Bertz CT molecular complexity index is 1040. The van der Waals surface area contributed by atoms with Crippen LogP contribution in [0.1, 0.15) is 0 Å². The van der Waals surface area contributed by atoms with Crippen LogP contribution in [-0.4, -0.2) is 49.3 Å². The summed E-state index contributed by atoms with van der Waals surface area (Å²) >= 11 is 0. The van der Waals surface area contributed by atoms with E-state index in [0.29, 0.717) is 11.2 Å². The van der Waals surface area contributed by atoms with Crippen LogP contribution >= 0.6 is 31.3 Å². The first-order valence-electron chi connectivity index (χ1n) is 5.99. The molecule has 0 bridgehead atoms. The van der Waals surface area contributed by atoms with Gasteiger partial charge < -0.3 is 40.1 Å². The van der Waals surface area contributed by atoms with E-state index in [0.717, 1.165) is 0 Å². The van der Waals surface area contributed by atoms with Gasteiger partial charge >= 0.3 is 31.3 Å². The minimum Gasteiger partial charge on any atom is -0.369 e. The van der Waals surface area contributed by atoms with E-state index >= 15 is 0 Å². The van der Waals surface area contributed by atoms with E-state index in [1.54, 1.807) is 0 Å². The smallest absolute Gasteiger partial charge is 0.369 e. The Morgan fingerprint density at radius 2 is 1.36 bits per heavy atom. The third kappa shape index (κ3) is 9.27. The van der Waals surface area contributed by atoms with Gasteiger partial charge in [-0.15, -0.1) is 0 Å². The summed E-state index contributed by atoms with van der Waals surface area (Å²) in [5.74, 6) is 0.0783. The predicted octanol–water partition coefficient (Wildman–Crippen LogP) is -1.35. The summed E-state index contributed by atoms with van der Waals surface area (Å²) < 4.78 is 50.9. The molecule has 0 radical (unpaired) electrons. The van der Waals surface area contributed by atoms with Crippen molar-refractivity contribution in [3.05, 3.63) is 16.7 Å². The summed E-state index contributed by atoms with van der Waals surface area (Å²) in [5, 5.41) is 0. The zero-order valence-corrected chi connectivity index (χ0v) is 16.4. The molecule has 23 heteroatoms. The monoisotopic (exact) mass is 489 g/mol. The number of aromatic nitrogens is 4. The van der Waals surface area contributed by atoms with Crippen LogP contribution in [0.2, 0.25) is 0 Å². The molecule has 0 aliphatic heterocycles. The Morgan fingerprint density at radius 1 is 0.893 bits per heavy atom. The first-order chi connectivity index (χ1) is 12.4. The van der Waals surface area contributed by atoms with Gasteiger partial charge in [0.25, 0.3) is 5.56 Å². The fraction of sp³-hybridized carbons (Fsp3) is 0. The number of aromatic amines is 2. The van der Waals surface area contributed by atoms with Crippen molar-refractivity contribution >= 4 is 48.4 Å². The van der Waals surface area contributed by atoms with Crippen LogP contribution in [0.15, 0.2) is 11.1 Å². The highest BCUT2D eigenvalue weighted by atomic mass is 31.3. The summed E-state index contributed by atoms with van der Waals surface area (Å²) in [4.78, 5) is 73.0. The van der Waals surface area contributed by atoms with Crippen molar-refractivity contribution in [3.8, 4) is 0 Å². The normalized spacial score (nSPS) is 16.6. The van der Waals surface area contributed by atoms with Crippen LogP contribution in [0.25, 0.3) is 11.2 Å². The van der Waals surface area contributed by atoms with Crippen molar-refractivity contribution in [1.82, 2.24) is 19.9 Å². The second kappa shape index (κ2) is 8.61. The van der Waals surface area contributed by atoms with Gasteiger partial charge in [-0.05, 0) is 0 Å². The number of hydrogen-bond acceptors (Lipinski definition) is 11. The van der Waals surface area contributed by atoms with Crippen molar-refractivity contribution in [2.75, 3.05) is 5.73 Å². The van der Waals surface area contributed by atoms with Gasteiger partial charge in [0.05, 0.1) is 6.33 Å². The topological polar surface area (TPSA) is 318 Å². The molecule has 0 saturated heterocycles. The molecule has 0 aliphatic rings. The minimum absolute atomic E-state index is 0.0783. The lowest BCUT2D eigenvalue weighted by atomic mass is 10.5. The van der Waals surface area contributed by atoms with Crippen LogP contribution in [-0.2, 0) is 31.2 Å². The number of hydrogen-bond donors (Lipinski definition) is 9. The van der Waals surface area contributed by atoms with E-state index in [1.165, 1.54) is 6.33 Å². The molecule has 2 heterocycles. The van der Waals surface area contributed by atoms with Crippen molar-refractivity contribution < 1.29 is 60.6 Å². The first-order valence-corrected chi connectivity index (χ1v) is 12.0. The second-order valence-electron chi connectivity index (χ2n) is 4.22. The Kier molecular flexibility index (Phi) is 7.61. The maximum atomic E-state index is 11.0. The number of fused-ring (bicyclic) bond motifs is 1. The van der Waals surface area contributed by atoms with Crippen LogP contribution in [0.3, 0.4) is 0 Å². The molecule has 0 saturated carbocycles. The molecule has 0 fully saturated rings. The van der Waals surface area contributed by atoms with Crippen molar-refractivity contribution in [2.24, 2.45) is 0 Å². The highest BCUT2D eigenvalue weighted by Crippen LogP contribution is 2.69. The summed E-state index contributed by atoms with van der Waals surface area (Å²) in [6.45, 7) is 0. The lowest BCUT2D eigenvalue weighted by Crippen LogP contribution is -2.10. The fourth-order valence-corrected chi connectivity index (χ4v) is 5.26. The molecule has 28 heavy (non-hydrogen) atoms. The van der Waals surface area contributed by atoms with Gasteiger partial charge in [-0.25, -0.2) is 23.2 Å². The third-order valence-corrected chi connectivity index (χ3v) is 6.94. The van der Waals surface area contributed by atoms with E-state index in [1.807, 2.05) is 0 Å². The van der Waals surface area contributed by atoms with E-state index in [4.69, 9.17) is 35.1 Å². The number of nitrogens with zero attached hydrogens (tertiary/aromatic N) is 2. The summed E-state index contributed by atoms with van der Waals surface area (Å²) in [5.41, 5.74) is 5.65. The predicted molar refractivity (Wildman–Crippen MR) is 85.9 cm³/mol. The van der Waals surface area contributed by atoms with Gasteiger partial charge in [0.15, 0.2) is 11.2 Å². The molecular weight excluding hydrogens is 478 g/mol. The fourth-order valence-electron chi connectivity index (χ4n) is 1.29. The molecule has 0 spiro atoms. The molecule has 2 aromatic heterocycles. The number of nitrogen functional groups attached to an aromatic ring is 1. The molecular formula is C5H11N5O14P4. The average molecular weight is 489 g/mol. The van der Waals surface area contributed by atoms with Gasteiger partial charge in [0, 0.05) is 0 Å². The molecule has 2 aromatic rings. The van der Waals surface area contributed by atoms with Gasteiger partial charge in [-0.3, -0.25) is 9.78 Å². The number of nitrogens with two attached hydrogens (primary N) is 1. The van der Waals surface area contributed by atoms with E-state index in [-0.39, 0.29) is 11.5 Å². The Labute approximate surface area is 152 Å². The number of phosphoric acid groups is 4. The van der Waals surface area contributed by atoms with Crippen LogP contribution in [0.5, 0.6) is 0 Å². The number of rotatable bonds is 6. The van der Waals surface area contributed by atoms with Crippen molar-refractivity contribution in [3.63, 3.8) is 0 Å². The number of imidazole rings is 1. The van der Waals surface area contributed by atoms with E-state index in [9.17, 15) is 23.1 Å². The summed E-state index contributed by atoms with van der Waals surface area (Å²) in [6, 6.07) is 0. The summed E-state index contributed by atoms with van der Waals surface area (Å²) in [6.07, 6.45) is 1.40. The van der Waals surface area contributed by atoms with Crippen molar-refractivity contribution in [1.29, 1.82) is 0 Å². The van der Waals surface area contributed by atoms with Gasteiger partial charge in [0.2, 0.25) is 5.95 Å². The number of H-pyrrole nitrogens is 2. The van der Waals surface area contributed by atoms with E-state index < -0.39 is 31.3 Å². The zero-order valence-electron chi connectivity index (χ0n) is 12.8. The third-order valence-electron chi connectivity index (χ3n) is 1.94. The zero-order chi connectivity index (χ0) is 22.0. The maximum absolute atomic E-state index is 11.0. The quantitative estimate of drug-likeness (QED) is 0.212. The molecule has 2 unspecified atom stereocenters. The SMILES string of the molecule is Nc1nc2nc[nH]c2c(=O)[nH]1.O=P(O)(O)OP(=O)(O)OP(=O)(O)OP(=O)(O)O. The van der Waals surface area contributed by atoms with Crippen LogP contribution in [0.4, 0.5) is 5.95 Å². The number of anilines is 1. The standard InChI is InChI=1S/C5H5N5O.H6O13P4/c6-5-9-3-2(4(11)10-5)7-1-8-3;1-14(2,3)11-16(7,8)13-17(9,10)12-15(4,5)6/h1H,(H4,6,7,8,9,10,11);(H,7,8)(H,9,10)(H2,1,2,3)(H2,4,5,6). The minimum atomic E-state index is -5.77. The van der Waals surface area contributed by atoms with Crippen LogP contribution < -0.4 is 11.3 Å². The van der Waals surface area contributed by atoms with Gasteiger partial charge in [0.1, 0.15) is 0 Å². The molecule has 160 valence electrons. The highest BCUT2D eigenvalue weighted by Gasteiger charge is 2.43. The molecule has 0 amide bonds.